The van der Waals surface area contributed by atoms with Gasteiger partial charge in [0.1, 0.15) is 30.6 Å². The second kappa shape index (κ2) is 8.79. The van der Waals surface area contributed by atoms with Crippen molar-refractivity contribution >= 4 is 11.7 Å². The van der Waals surface area contributed by atoms with Crippen molar-refractivity contribution < 1.29 is 9.18 Å². The van der Waals surface area contributed by atoms with Crippen LogP contribution in [0.4, 0.5) is 10.2 Å². The Kier molecular flexibility index (Phi) is 5.92. The minimum Gasteiger partial charge on any atom is -0.354 e. The van der Waals surface area contributed by atoms with E-state index < -0.39 is 5.41 Å². The van der Waals surface area contributed by atoms with Crippen molar-refractivity contribution in [2.45, 2.75) is 39.3 Å². The number of nitrogens with one attached hydrogen (secondary N) is 1. The first-order valence-electron chi connectivity index (χ1n) is 10.4. The molecule has 3 aromatic rings. The Morgan fingerprint density at radius 2 is 2.06 bits per heavy atom. The van der Waals surface area contributed by atoms with E-state index in [-0.39, 0.29) is 17.8 Å². The molecule has 8 nitrogen and oxygen atoms in total. The van der Waals surface area contributed by atoms with Crippen molar-refractivity contribution in [2.24, 2.45) is 5.41 Å². The van der Waals surface area contributed by atoms with E-state index in [4.69, 9.17) is 0 Å². The number of hydrogen-bond acceptors (Lipinski definition) is 6. The van der Waals surface area contributed by atoms with Crippen LogP contribution in [-0.4, -0.2) is 49.8 Å². The summed E-state index contributed by atoms with van der Waals surface area (Å²) in [7, 11) is 0. The lowest BCUT2D eigenvalue weighted by Gasteiger charge is -2.50. The van der Waals surface area contributed by atoms with Gasteiger partial charge in [0.15, 0.2) is 0 Å². The number of halogens is 1. The van der Waals surface area contributed by atoms with E-state index in [1.807, 2.05) is 24.8 Å². The molecule has 1 unspecified atom stereocenters. The first kappa shape index (κ1) is 20.9. The van der Waals surface area contributed by atoms with Crippen LogP contribution >= 0.6 is 0 Å². The zero-order chi connectivity index (χ0) is 21.8. The van der Waals surface area contributed by atoms with Crippen molar-refractivity contribution in [3.05, 3.63) is 66.4 Å². The third-order valence-corrected chi connectivity index (χ3v) is 5.66. The summed E-state index contributed by atoms with van der Waals surface area (Å²) in [5.41, 5.74) is 0.747. The zero-order valence-electron chi connectivity index (χ0n) is 17.7. The van der Waals surface area contributed by atoms with Gasteiger partial charge in [-0.1, -0.05) is 25.1 Å². The van der Waals surface area contributed by atoms with Gasteiger partial charge in [-0.2, -0.15) is 5.10 Å². The lowest BCUT2D eigenvalue weighted by Crippen LogP contribution is -2.65. The minimum absolute atomic E-state index is 0.0932. The van der Waals surface area contributed by atoms with Gasteiger partial charge in [-0.3, -0.25) is 9.48 Å². The van der Waals surface area contributed by atoms with Gasteiger partial charge in [0.25, 0.3) is 0 Å². The van der Waals surface area contributed by atoms with Crippen LogP contribution in [0.3, 0.4) is 0 Å². The molecule has 162 valence electrons. The highest BCUT2D eigenvalue weighted by molar-refractivity contribution is 5.86. The highest BCUT2D eigenvalue weighted by Gasteiger charge is 2.50. The van der Waals surface area contributed by atoms with Gasteiger partial charge < -0.3 is 10.2 Å². The van der Waals surface area contributed by atoms with Crippen molar-refractivity contribution in [1.29, 1.82) is 0 Å². The summed E-state index contributed by atoms with van der Waals surface area (Å²) in [5.74, 6) is 0.406. The molecule has 2 aromatic heterocycles. The lowest BCUT2D eigenvalue weighted by molar-refractivity contribution is -0.133. The third kappa shape index (κ3) is 4.55. The molecule has 1 amide bonds. The van der Waals surface area contributed by atoms with E-state index in [1.165, 1.54) is 12.4 Å². The Hall–Kier alpha value is -3.36. The number of aryl methyl sites for hydroxylation is 1. The molecule has 0 spiro atoms. The Morgan fingerprint density at radius 3 is 2.77 bits per heavy atom. The van der Waals surface area contributed by atoms with E-state index in [9.17, 15) is 9.18 Å². The quantitative estimate of drug-likeness (QED) is 0.596. The number of carbonyl (C=O) groups is 1. The second-order valence-corrected chi connectivity index (χ2v) is 8.12. The molecule has 0 saturated carbocycles. The molecular weight excluding hydrogens is 397 g/mol. The number of hydrogen-bond donors (Lipinski definition) is 1. The van der Waals surface area contributed by atoms with Crippen LogP contribution in [0.15, 0.2) is 49.3 Å². The van der Waals surface area contributed by atoms with Crippen LogP contribution in [0, 0.1) is 11.2 Å². The topological polar surface area (TPSA) is 88.8 Å². The van der Waals surface area contributed by atoms with Gasteiger partial charge >= 0.3 is 0 Å². The number of rotatable bonds is 8. The first-order valence-corrected chi connectivity index (χ1v) is 10.4. The molecular formula is C22H26FN7O. The van der Waals surface area contributed by atoms with E-state index in [1.54, 1.807) is 35.5 Å². The number of benzene rings is 1. The van der Waals surface area contributed by atoms with Crippen LogP contribution in [0.1, 0.15) is 25.1 Å². The van der Waals surface area contributed by atoms with Gasteiger partial charge in [0, 0.05) is 30.9 Å². The molecule has 1 N–H and O–H groups in total. The van der Waals surface area contributed by atoms with Crippen molar-refractivity contribution in [1.82, 2.24) is 30.0 Å². The Morgan fingerprint density at radius 1 is 1.26 bits per heavy atom. The highest BCUT2D eigenvalue weighted by Crippen LogP contribution is 2.38. The predicted octanol–water partition coefficient (Wildman–Crippen LogP) is 2.02. The summed E-state index contributed by atoms with van der Waals surface area (Å²) in [4.78, 5) is 27.9. The van der Waals surface area contributed by atoms with Crippen LogP contribution < -0.4 is 10.2 Å². The van der Waals surface area contributed by atoms with E-state index in [0.29, 0.717) is 31.6 Å². The monoisotopic (exact) mass is 423 g/mol. The highest BCUT2D eigenvalue weighted by atomic mass is 19.1. The molecule has 1 atom stereocenters. The number of anilines is 1. The smallest absolute Gasteiger partial charge is 0.230 e. The number of amides is 1. The fraction of sp³-hybridized carbons (Fsp3) is 0.409. The summed E-state index contributed by atoms with van der Waals surface area (Å²) >= 11 is 0. The Bertz CT molecular complexity index is 1030. The third-order valence-electron chi connectivity index (χ3n) is 5.66. The summed E-state index contributed by atoms with van der Waals surface area (Å²) in [6.07, 6.45) is 5.76. The standard InChI is InChI=1S/C22H26FN7O/c1-3-18-8-20(26-14-25-18)29-11-22(12-29,9-17-6-4-5-7-19(17)23)21(31)28-16(2)10-30-15-24-13-27-30/h4-8,13-16H,3,9-12H2,1-2H3,(H,28,31). The normalized spacial score (nSPS) is 15.9. The molecule has 9 heteroatoms. The Labute approximate surface area is 180 Å². The Balaban J connectivity index is 1.52. The molecule has 1 aliphatic rings. The van der Waals surface area contributed by atoms with Gasteiger partial charge in [-0.05, 0) is 31.4 Å². The SMILES string of the molecule is CCc1cc(N2CC(Cc3ccccc3F)(C(=O)NC(C)Cn3cncn3)C2)ncn1. The summed E-state index contributed by atoms with van der Waals surface area (Å²) in [5, 5.41) is 7.18. The molecule has 1 aromatic carbocycles. The molecule has 1 aliphatic heterocycles. The fourth-order valence-corrected chi connectivity index (χ4v) is 3.97. The second-order valence-electron chi connectivity index (χ2n) is 8.12. The largest absolute Gasteiger partial charge is 0.354 e. The van der Waals surface area contributed by atoms with Gasteiger partial charge in [0.2, 0.25) is 5.91 Å². The van der Waals surface area contributed by atoms with Crippen LogP contribution in [0.25, 0.3) is 0 Å². The van der Waals surface area contributed by atoms with Crippen LogP contribution in [0.2, 0.25) is 0 Å². The number of nitrogens with zero attached hydrogens (tertiary/aromatic N) is 6. The van der Waals surface area contributed by atoms with Crippen molar-refractivity contribution in [3.63, 3.8) is 0 Å². The molecule has 0 bridgehead atoms. The summed E-state index contributed by atoms with van der Waals surface area (Å²) in [6.45, 7) is 5.39. The maximum Gasteiger partial charge on any atom is 0.230 e. The zero-order valence-corrected chi connectivity index (χ0v) is 17.7. The van der Waals surface area contributed by atoms with E-state index in [0.717, 1.165) is 17.9 Å². The maximum atomic E-state index is 14.4. The van der Waals surface area contributed by atoms with Crippen LogP contribution in [0.5, 0.6) is 0 Å². The van der Waals surface area contributed by atoms with Gasteiger partial charge in [-0.15, -0.1) is 0 Å². The van der Waals surface area contributed by atoms with E-state index >= 15 is 0 Å². The maximum absolute atomic E-state index is 14.4. The van der Waals surface area contributed by atoms with Crippen molar-refractivity contribution in [2.75, 3.05) is 18.0 Å². The minimum atomic E-state index is -0.740. The summed E-state index contributed by atoms with van der Waals surface area (Å²) in [6, 6.07) is 8.43. The van der Waals surface area contributed by atoms with E-state index in [2.05, 4.69) is 25.4 Å². The predicted molar refractivity (Wildman–Crippen MR) is 114 cm³/mol. The molecule has 31 heavy (non-hydrogen) atoms. The van der Waals surface area contributed by atoms with Gasteiger partial charge in [-0.25, -0.2) is 19.3 Å². The molecule has 4 rings (SSSR count). The first-order chi connectivity index (χ1) is 15.0. The average Bonchev–Trinajstić information content (AvgIpc) is 3.24. The number of aromatic nitrogens is 5. The molecule has 0 radical (unpaired) electrons. The molecule has 0 aliphatic carbocycles. The molecule has 1 fully saturated rings. The lowest BCUT2D eigenvalue weighted by atomic mass is 9.73. The van der Waals surface area contributed by atoms with Gasteiger partial charge in [0.05, 0.1) is 12.0 Å². The molecule has 3 heterocycles. The fourth-order valence-electron chi connectivity index (χ4n) is 3.97. The van der Waals surface area contributed by atoms with Crippen LogP contribution in [-0.2, 0) is 24.2 Å². The number of carbonyl (C=O) groups excluding carboxylic acids is 1. The molecule has 1 saturated heterocycles. The van der Waals surface area contributed by atoms with Crippen molar-refractivity contribution in [3.8, 4) is 0 Å². The summed E-state index contributed by atoms with van der Waals surface area (Å²) < 4.78 is 16.1. The average molecular weight is 423 g/mol.